The Kier molecular flexibility index (Phi) is 9.59. The molecule has 1 aliphatic rings. The third-order valence-electron chi connectivity index (χ3n) is 5.09. The number of hydrogen-bond donors (Lipinski definition) is 1. The van der Waals surface area contributed by atoms with Gasteiger partial charge in [0.1, 0.15) is 12.2 Å². The highest BCUT2D eigenvalue weighted by Gasteiger charge is 2.50. The van der Waals surface area contributed by atoms with E-state index in [1.54, 1.807) is 6.92 Å². The molecule has 0 aliphatic carbocycles. The van der Waals surface area contributed by atoms with Gasteiger partial charge in [0, 0.05) is 6.92 Å². The van der Waals surface area contributed by atoms with Crippen LogP contribution in [-0.2, 0) is 41.7 Å². The zero-order valence-electron chi connectivity index (χ0n) is 18.7. The molecule has 184 valence electrons. The minimum absolute atomic E-state index is 0.218. The molecule has 1 heterocycles. The quantitative estimate of drug-likeness (QED) is 0.219. The van der Waals surface area contributed by atoms with Crippen molar-refractivity contribution < 1.29 is 28.5 Å². The average Bonchev–Trinajstić information content (AvgIpc) is 2.79. The summed E-state index contributed by atoms with van der Waals surface area (Å²) >= 11 is 17.3. The van der Waals surface area contributed by atoms with Crippen molar-refractivity contribution in [2.24, 2.45) is 0 Å². The molecule has 0 spiro atoms. The topological polar surface area (TPSA) is 87.1 Å². The number of rotatable bonds is 8. The van der Waals surface area contributed by atoms with Crippen molar-refractivity contribution in [1.82, 2.24) is 0 Å². The molecule has 2 aromatic rings. The number of nitrogens with one attached hydrogen (secondary N) is 1. The van der Waals surface area contributed by atoms with Crippen LogP contribution in [0.25, 0.3) is 0 Å². The summed E-state index contributed by atoms with van der Waals surface area (Å²) in [6, 6.07) is 19.1. The maximum Gasteiger partial charge on any atom is 0.303 e. The number of alkyl halides is 3. The first-order valence-corrected chi connectivity index (χ1v) is 11.7. The maximum atomic E-state index is 12.0. The highest BCUT2D eigenvalue weighted by molar-refractivity contribution is 6.76. The second-order valence-electron chi connectivity index (χ2n) is 7.75. The molecule has 7 nitrogen and oxygen atoms in total. The van der Waals surface area contributed by atoms with Crippen LogP contribution in [0, 0.1) is 5.41 Å². The van der Waals surface area contributed by atoms with E-state index in [2.05, 4.69) is 0 Å². The predicted octanol–water partition coefficient (Wildman–Crippen LogP) is 5.20. The average molecular weight is 531 g/mol. The monoisotopic (exact) mass is 529 g/mol. The fraction of sp³-hybridized carbons (Fsp3) is 0.417. The van der Waals surface area contributed by atoms with Gasteiger partial charge in [0.25, 0.3) is 3.79 Å². The van der Waals surface area contributed by atoms with Crippen LogP contribution in [0.4, 0.5) is 0 Å². The number of carbonyl (C=O) groups is 1. The molecule has 2 aromatic carbocycles. The number of hydrogen-bond acceptors (Lipinski definition) is 7. The smallest absolute Gasteiger partial charge is 0.303 e. The second-order valence-corrected chi connectivity index (χ2v) is 10.0. The molecule has 1 aliphatic heterocycles. The molecule has 34 heavy (non-hydrogen) atoms. The summed E-state index contributed by atoms with van der Waals surface area (Å²) in [4.78, 5) is 12.0. The van der Waals surface area contributed by atoms with Crippen LogP contribution >= 0.6 is 34.8 Å². The Bertz CT molecular complexity index is 941. The Morgan fingerprint density at radius 3 is 1.85 bits per heavy atom. The van der Waals surface area contributed by atoms with Crippen LogP contribution in [0.3, 0.4) is 0 Å². The van der Waals surface area contributed by atoms with E-state index in [0.29, 0.717) is 0 Å². The van der Waals surface area contributed by atoms with Gasteiger partial charge in [0.05, 0.1) is 19.3 Å². The zero-order chi connectivity index (χ0) is 24.7. The van der Waals surface area contributed by atoms with Crippen molar-refractivity contribution in [2.45, 2.75) is 61.6 Å². The number of ether oxygens (including phenoxy) is 5. The first kappa shape index (κ1) is 26.7. The third kappa shape index (κ3) is 7.57. The summed E-state index contributed by atoms with van der Waals surface area (Å²) in [7, 11) is 0. The van der Waals surface area contributed by atoms with Gasteiger partial charge in [-0.15, -0.1) is 0 Å². The molecule has 0 unspecified atom stereocenters. The molecular weight excluding hydrogens is 505 g/mol. The first-order chi connectivity index (χ1) is 16.1. The molecule has 5 atom stereocenters. The van der Waals surface area contributed by atoms with Crippen LogP contribution in [0.15, 0.2) is 60.7 Å². The Hall–Kier alpha value is -1.87. The summed E-state index contributed by atoms with van der Waals surface area (Å²) in [6.07, 6.45) is -4.34. The molecule has 3 rings (SSSR count). The fourth-order valence-electron chi connectivity index (χ4n) is 3.52. The third-order valence-corrected chi connectivity index (χ3v) is 5.61. The fourth-order valence-corrected chi connectivity index (χ4v) is 3.65. The van der Waals surface area contributed by atoms with Crippen molar-refractivity contribution in [3.63, 3.8) is 0 Å². The molecule has 0 aromatic heterocycles. The molecule has 0 saturated carbocycles. The van der Waals surface area contributed by atoms with Crippen LogP contribution in [-0.4, -0.2) is 46.4 Å². The number of carbonyl (C=O) groups excluding carboxylic acids is 1. The Labute approximate surface area is 213 Å². The van der Waals surface area contributed by atoms with E-state index in [-0.39, 0.29) is 13.2 Å². The number of halogens is 3. The largest absolute Gasteiger partial charge is 0.453 e. The minimum atomic E-state index is -2.12. The van der Waals surface area contributed by atoms with Gasteiger partial charge in [0.15, 0.2) is 6.10 Å². The molecule has 1 N–H and O–H groups in total. The highest BCUT2D eigenvalue weighted by atomic mass is 35.6. The van der Waals surface area contributed by atoms with E-state index < -0.39 is 46.4 Å². The molecule has 10 heteroatoms. The first-order valence-electron chi connectivity index (χ1n) is 10.6. The van der Waals surface area contributed by atoms with Gasteiger partial charge < -0.3 is 23.7 Å². The van der Waals surface area contributed by atoms with E-state index in [1.807, 2.05) is 60.7 Å². The Balaban J connectivity index is 1.86. The van der Waals surface area contributed by atoms with Gasteiger partial charge in [-0.3, -0.25) is 10.2 Å². The summed E-state index contributed by atoms with van der Waals surface area (Å²) < 4.78 is 27.2. The van der Waals surface area contributed by atoms with Gasteiger partial charge >= 0.3 is 5.97 Å². The lowest BCUT2D eigenvalue weighted by atomic mass is 9.98. The highest BCUT2D eigenvalue weighted by Crippen LogP contribution is 2.34. The van der Waals surface area contributed by atoms with Crippen molar-refractivity contribution in [3.8, 4) is 0 Å². The van der Waals surface area contributed by atoms with Crippen LogP contribution in [0.5, 0.6) is 0 Å². The minimum Gasteiger partial charge on any atom is -0.453 e. The van der Waals surface area contributed by atoms with Crippen molar-refractivity contribution >= 4 is 46.7 Å². The number of benzene rings is 2. The van der Waals surface area contributed by atoms with Crippen molar-refractivity contribution in [1.29, 1.82) is 5.41 Å². The summed E-state index contributed by atoms with van der Waals surface area (Å²) in [6.45, 7) is 3.53. The van der Waals surface area contributed by atoms with Gasteiger partial charge in [-0.25, -0.2) is 0 Å². The lowest BCUT2D eigenvalue weighted by Gasteiger charge is -2.44. The van der Waals surface area contributed by atoms with Gasteiger partial charge in [-0.05, 0) is 18.1 Å². The van der Waals surface area contributed by atoms with Gasteiger partial charge in [-0.2, -0.15) is 0 Å². The lowest BCUT2D eigenvalue weighted by molar-refractivity contribution is -0.296. The van der Waals surface area contributed by atoms with Crippen LogP contribution in [0.1, 0.15) is 25.0 Å². The van der Waals surface area contributed by atoms with E-state index in [9.17, 15) is 4.79 Å². The van der Waals surface area contributed by atoms with Gasteiger partial charge in [0.2, 0.25) is 12.2 Å². The van der Waals surface area contributed by atoms with E-state index >= 15 is 0 Å². The lowest BCUT2D eigenvalue weighted by Crippen LogP contribution is -2.61. The van der Waals surface area contributed by atoms with Crippen LogP contribution in [0.2, 0.25) is 0 Å². The summed E-state index contributed by atoms with van der Waals surface area (Å²) in [5, 5.41) is 7.95. The second kappa shape index (κ2) is 12.2. The molecule has 0 bridgehead atoms. The van der Waals surface area contributed by atoms with E-state index in [4.69, 9.17) is 63.9 Å². The normalized spacial score (nSPS) is 24.9. The molecule has 1 fully saturated rings. The molecule has 0 amide bonds. The van der Waals surface area contributed by atoms with Gasteiger partial charge in [-0.1, -0.05) is 95.5 Å². The predicted molar refractivity (Wildman–Crippen MR) is 129 cm³/mol. The Morgan fingerprint density at radius 2 is 1.38 bits per heavy atom. The number of esters is 1. The van der Waals surface area contributed by atoms with E-state index in [0.717, 1.165) is 11.1 Å². The summed E-state index contributed by atoms with van der Waals surface area (Å²) in [5.41, 5.74) is 1.87. The molecular formula is C24H26Cl3NO6. The van der Waals surface area contributed by atoms with Crippen molar-refractivity contribution in [2.75, 3.05) is 0 Å². The zero-order valence-corrected chi connectivity index (χ0v) is 20.9. The standard InChI is InChI=1S/C24H26Cl3NO6/c1-15-19(30-13-17-9-5-3-6-10-17)20(31-14-18-11-7-4-8-12-18)21(33-16(2)29)22(32-15)34-23(28)24(25,26)27/h3-12,15,19-22,28H,13-14H2,1-2H3/t15-,19-,20+,21+,22-/m0/s1. The van der Waals surface area contributed by atoms with Crippen LogP contribution < -0.4 is 0 Å². The van der Waals surface area contributed by atoms with E-state index in [1.165, 1.54) is 6.92 Å². The maximum absolute atomic E-state index is 12.0. The molecule has 1 saturated heterocycles. The Morgan fingerprint density at radius 1 is 0.882 bits per heavy atom. The molecule has 0 radical (unpaired) electrons. The SMILES string of the molecule is CC(=O)O[C@H]1[C@H](OC(=N)C(Cl)(Cl)Cl)O[C@@H](C)[C@H](OCc2ccccc2)[C@H]1OCc1ccccc1. The van der Waals surface area contributed by atoms with Crippen molar-refractivity contribution in [3.05, 3.63) is 71.8 Å². The summed E-state index contributed by atoms with van der Waals surface area (Å²) in [5.74, 6) is -1.26.